The first-order valence-electron chi connectivity index (χ1n) is 11.0. The van der Waals surface area contributed by atoms with Crippen LogP contribution in [0.3, 0.4) is 0 Å². The SMILES string of the molecule is Cc1cc(C)nc(Nc2cccc(C(=O)N3CCN(c4cnc5ccccc5n4)CC3)c2)n1. The van der Waals surface area contributed by atoms with E-state index in [0.717, 1.165) is 33.9 Å². The van der Waals surface area contributed by atoms with E-state index in [1.807, 2.05) is 79.5 Å². The highest BCUT2D eigenvalue weighted by atomic mass is 16.2. The van der Waals surface area contributed by atoms with Crippen LogP contribution in [0.2, 0.25) is 0 Å². The maximum absolute atomic E-state index is 13.2. The fraction of sp³-hybridized carbons (Fsp3) is 0.240. The fourth-order valence-corrected chi connectivity index (χ4v) is 4.06. The number of benzene rings is 2. The van der Waals surface area contributed by atoms with Crippen LogP contribution in [0.15, 0.2) is 60.8 Å². The zero-order chi connectivity index (χ0) is 22.8. The summed E-state index contributed by atoms with van der Waals surface area (Å²) >= 11 is 0. The number of hydrogen-bond donors (Lipinski definition) is 1. The van der Waals surface area contributed by atoms with Crippen molar-refractivity contribution in [3.8, 4) is 0 Å². The monoisotopic (exact) mass is 439 g/mol. The molecule has 1 amide bonds. The third-order valence-corrected chi connectivity index (χ3v) is 5.67. The molecule has 0 spiro atoms. The molecule has 0 bridgehead atoms. The molecule has 33 heavy (non-hydrogen) atoms. The first-order chi connectivity index (χ1) is 16.0. The summed E-state index contributed by atoms with van der Waals surface area (Å²) in [5.41, 5.74) is 4.98. The zero-order valence-corrected chi connectivity index (χ0v) is 18.7. The minimum absolute atomic E-state index is 0.0178. The molecule has 8 heteroatoms. The van der Waals surface area contributed by atoms with Crippen LogP contribution in [0.5, 0.6) is 0 Å². The topological polar surface area (TPSA) is 87.1 Å². The molecule has 2 aromatic carbocycles. The summed E-state index contributed by atoms with van der Waals surface area (Å²) < 4.78 is 0. The Morgan fingerprint density at radius 3 is 2.33 bits per heavy atom. The van der Waals surface area contributed by atoms with Gasteiger partial charge in [-0.3, -0.25) is 9.78 Å². The molecule has 2 aromatic heterocycles. The molecule has 0 atom stereocenters. The summed E-state index contributed by atoms with van der Waals surface area (Å²) in [6.45, 7) is 6.56. The predicted molar refractivity (Wildman–Crippen MR) is 129 cm³/mol. The number of hydrogen-bond acceptors (Lipinski definition) is 7. The first kappa shape index (κ1) is 20.8. The van der Waals surface area contributed by atoms with Crippen LogP contribution in [0, 0.1) is 13.8 Å². The highest BCUT2D eigenvalue weighted by Crippen LogP contribution is 2.20. The molecule has 1 saturated heterocycles. The van der Waals surface area contributed by atoms with Gasteiger partial charge in [-0.25, -0.2) is 15.0 Å². The first-order valence-corrected chi connectivity index (χ1v) is 11.0. The number of nitrogens with zero attached hydrogens (tertiary/aromatic N) is 6. The Kier molecular flexibility index (Phi) is 5.56. The molecule has 1 fully saturated rings. The molecule has 0 saturated carbocycles. The van der Waals surface area contributed by atoms with Gasteiger partial charge < -0.3 is 15.1 Å². The van der Waals surface area contributed by atoms with Gasteiger partial charge in [0.15, 0.2) is 0 Å². The number of aryl methyl sites for hydroxylation is 2. The van der Waals surface area contributed by atoms with Gasteiger partial charge in [0.05, 0.1) is 17.2 Å². The number of anilines is 3. The van der Waals surface area contributed by atoms with E-state index in [1.165, 1.54) is 0 Å². The van der Waals surface area contributed by atoms with Crippen molar-refractivity contribution in [2.75, 3.05) is 36.4 Å². The van der Waals surface area contributed by atoms with Crippen LogP contribution >= 0.6 is 0 Å². The fourth-order valence-electron chi connectivity index (χ4n) is 4.06. The van der Waals surface area contributed by atoms with E-state index in [2.05, 4.69) is 25.2 Å². The van der Waals surface area contributed by atoms with Gasteiger partial charge in [-0.15, -0.1) is 0 Å². The molecule has 1 N–H and O–H groups in total. The summed E-state index contributed by atoms with van der Waals surface area (Å²) in [6.07, 6.45) is 1.81. The number of carbonyl (C=O) groups excluding carboxylic acids is 1. The van der Waals surface area contributed by atoms with E-state index in [9.17, 15) is 4.79 Å². The van der Waals surface area contributed by atoms with Gasteiger partial charge in [-0.05, 0) is 50.2 Å². The normalized spacial score (nSPS) is 13.9. The average Bonchev–Trinajstić information content (AvgIpc) is 2.83. The molecule has 0 unspecified atom stereocenters. The lowest BCUT2D eigenvalue weighted by molar-refractivity contribution is 0.0746. The average molecular weight is 440 g/mol. The van der Waals surface area contributed by atoms with Crippen LogP contribution in [0.1, 0.15) is 21.7 Å². The molecule has 1 aliphatic heterocycles. The molecule has 166 valence electrons. The van der Waals surface area contributed by atoms with Crippen molar-refractivity contribution >= 4 is 34.4 Å². The second-order valence-corrected chi connectivity index (χ2v) is 8.18. The minimum Gasteiger partial charge on any atom is -0.352 e. The van der Waals surface area contributed by atoms with Crippen LogP contribution in [0.4, 0.5) is 17.5 Å². The molecule has 4 aromatic rings. The van der Waals surface area contributed by atoms with Crippen LogP contribution in [-0.2, 0) is 0 Å². The third-order valence-electron chi connectivity index (χ3n) is 5.67. The van der Waals surface area contributed by atoms with Crippen LogP contribution in [0.25, 0.3) is 11.0 Å². The molecule has 0 aliphatic carbocycles. The second-order valence-electron chi connectivity index (χ2n) is 8.18. The number of piperazine rings is 1. The zero-order valence-electron chi connectivity index (χ0n) is 18.7. The van der Waals surface area contributed by atoms with E-state index >= 15 is 0 Å². The summed E-state index contributed by atoms with van der Waals surface area (Å²) in [4.78, 5) is 35.3. The Balaban J connectivity index is 1.25. The molecule has 8 nitrogen and oxygen atoms in total. The quantitative estimate of drug-likeness (QED) is 0.518. The van der Waals surface area contributed by atoms with Crippen molar-refractivity contribution < 1.29 is 4.79 Å². The maximum atomic E-state index is 13.2. The number of carbonyl (C=O) groups is 1. The second kappa shape index (κ2) is 8.82. The largest absolute Gasteiger partial charge is 0.352 e. The number of aromatic nitrogens is 4. The predicted octanol–water partition coefficient (Wildman–Crippen LogP) is 3.74. The number of amides is 1. The van der Waals surface area contributed by atoms with Gasteiger partial charge in [0.1, 0.15) is 5.82 Å². The van der Waals surface area contributed by atoms with Gasteiger partial charge in [0.2, 0.25) is 5.95 Å². The Morgan fingerprint density at radius 1 is 0.848 bits per heavy atom. The van der Waals surface area contributed by atoms with Crippen molar-refractivity contribution in [3.05, 3.63) is 77.7 Å². The van der Waals surface area contributed by atoms with E-state index < -0.39 is 0 Å². The molecular formula is C25H25N7O. The van der Waals surface area contributed by atoms with Crippen LogP contribution < -0.4 is 10.2 Å². The summed E-state index contributed by atoms with van der Waals surface area (Å²) in [7, 11) is 0. The standard InChI is InChI=1S/C25H25N7O/c1-17-14-18(2)28-25(27-17)29-20-7-5-6-19(15-20)24(33)32-12-10-31(11-13-32)23-16-26-21-8-3-4-9-22(21)30-23/h3-9,14-16H,10-13H2,1-2H3,(H,27,28,29). The number of rotatable bonds is 4. The lowest BCUT2D eigenvalue weighted by Gasteiger charge is -2.35. The summed E-state index contributed by atoms with van der Waals surface area (Å²) in [5, 5.41) is 3.21. The van der Waals surface area contributed by atoms with Gasteiger partial charge >= 0.3 is 0 Å². The van der Waals surface area contributed by atoms with Crippen LogP contribution in [-0.4, -0.2) is 56.9 Å². The van der Waals surface area contributed by atoms with Crippen molar-refractivity contribution in [1.29, 1.82) is 0 Å². The Hall–Kier alpha value is -4.07. The highest BCUT2D eigenvalue weighted by molar-refractivity contribution is 5.95. The minimum atomic E-state index is 0.0178. The van der Waals surface area contributed by atoms with Gasteiger partial charge in [0.25, 0.3) is 5.91 Å². The lowest BCUT2D eigenvalue weighted by atomic mass is 10.1. The van der Waals surface area contributed by atoms with E-state index in [0.29, 0.717) is 37.7 Å². The highest BCUT2D eigenvalue weighted by Gasteiger charge is 2.23. The molecule has 5 rings (SSSR count). The van der Waals surface area contributed by atoms with E-state index in [4.69, 9.17) is 4.98 Å². The third kappa shape index (κ3) is 4.59. The Labute approximate surface area is 192 Å². The van der Waals surface area contributed by atoms with E-state index in [1.54, 1.807) is 0 Å². The number of nitrogens with one attached hydrogen (secondary N) is 1. The van der Waals surface area contributed by atoms with E-state index in [-0.39, 0.29) is 5.91 Å². The van der Waals surface area contributed by atoms with Crippen molar-refractivity contribution in [3.63, 3.8) is 0 Å². The Bertz CT molecular complexity index is 1290. The molecule has 3 heterocycles. The van der Waals surface area contributed by atoms with Gasteiger partial charge in [-0.1, -0.05) is 18.2 Å². The lowest BCUT2D eigenvalue weighted by Crippen LogP contribution is -2.49. The van der Waals surface area contributed by atoms with Crippen molar-refractivity contribution in [2.45, 2.75) is 13.8 Å². The van der Waals surface area contributed by atoms with Gasteiger partial charge in [0, 0.05) is 48.8 Å². The molecule has 0 radical (unpaired) electrons. The van der Waals surface area contributed by atoms with Gasteiger partial charge in [-0.2, -0.15) is 0 Å². The Morgan fingerprint density at radius 2 is 1.58 bits per heavy atom. The number of fused-ring (bicyclic) bond motifs is 1. The summed E-state index contributed by atoms with van der Waals surface area (Å²) in [5.74, 6) is 1.40. The smallest absolute Gasteiger partial charge is 0.254 e. The number of para-hydroxylation sites is 2. The maximum Gasteiger partial charge on any atom is 0.254 e. The summed E-state index contributed by atoms with van der Waals surface area (Å²) in [6, 6.07) is 17.3. The molecular weight excluding hydrogens is 414 g/mol. The van der Waals surface area contributed by atoms with Crippen molar-refractivity contribution in [1.82, 2.24) is 24.8 Å². The van der Waals surface area contributed by atoms with Crippen molar-refractivity contribution in [2.24, 2.45) is 0 Å². The molecule has 1 aliphatic rings.